The molecular weight excluding hydrogens is 285 g/mol. The van der Waals surface area contributed by atoms with E-state index in [1.165, 1.54) is 0 Å². The Labute approximate surface area is 116 Å². The van der Waals surface area contributed by atoms with E-state index in [-0.39, 0.29) is 24.6 Å². The predicted molar refractivity (Wildman–Crippen MR) is 71.9 cm³/mol. The van der Waals surface area contributed by atoms with Gasteiger partial charge in [-0.25, -0.2) is 17.5 Å². The van der Waals surface area contributed by atoms with E-state index in [1.54, 1.807) is 6.92 Å². The molecule has 1 aromatic rings. The Kier molecular flexibility index (Phi) is 3.96. The van der Waals surface area contributed by atoms with Crippen LogP contribution < -0.4 is 15.8 Å². The molecule has 0 aliphatic carbocycles. The number of benzene rings is 1. The van der Waals surface area contributed by atoms with Crippen LogP contribution in [0.1, 0.15) is 18.4 Å². The van der Waals surface area contributed by atoms with Gasteiger partial charge in [-0.05, 0) is 31.0 Å². The zero-order valence-electron chi connectivity index (χ0n) is 10.9. The van der Waals surface area contributed by atoms with Gasteiger partial charge in [0.2, 0.25) is 15.9 Å². The van der Waals surface area contributed by atoms with E-state index >= 15 is 0 Å². The summed E-state index contributed by atoms with van der Waals surface area (Å²) in [4.78, 5) is 10.5. The molecule has 1 aliphatic heterocycles. The average Bonchev–Trinajstić information content (AvgIpc) is 2.36. The summed E-state index contributed by atoms with van der Waals surface area (Å²) in [5.74, 6) is -0.963. The molecule has 0 spiro atoms. The number of hydrogen-bond acceptors (Lipinski definition) is 4. The maximum Gasteiger partial charge on any atom is 0.243 e. The fourth-order valence-electron chi connectivity index (χ4n) is 1.99. The third-order valence-corrected chi connectivity index (χ3v) is 4.73. The minimum atomic E-state index is -4.00. The molecular formula is C12H16FN3O3S. The summed E-state index contributed by atoms with van der Waals surface area (Å²) >= 11 is 0. The number of piperidine rings is 1. The highest BCUT2D eigenvalue weighted by Gasteiger charge is 2.26. The lowest BCUT2D eigenvalue weighted by Crippen LogP contribution is -2.47. The molecule has 1 aromatic carbocycles. The maximum atomic E-state index is 13.8. The second-order valence-corrected chi connectivity index (χ2v) is 6.48. The van der Waals surface area contributed by atoms with E-state index < -0.39 is 26.8 Å². The third kappa shape index (κ3) is 3.07. The number of nitrogens with two attached hydrogens (primary N) is 1. The molecule has 1 fully saturated rings. The summed E-state index contributed by atoms with van der Waals surface area (Å²) < 4.78 is 40.5. The van der Waals surface area contributed by atoms with Crippen molar-refractivity contribution in [2.24, 2.45) is 0 Å². The summed E-state index contributed by atoms with van der Waals surface area (Å²) in [6, 6.07) is 1.75. The van der Waals surface area contributed by atoms with Crippen molar-refractivity contribution < 1.29 is 17.6 Å². The van der Waals surface area contributed by atoms with Crippen molar-refractivity contribution in [3.8, 4) is 0 Å². The Bertz CT molecular complexity index is 636. The first-order chi connectivity index (χ1) is 9.29. The Hall–Kier alpha value is -1.67. The summed E-state index contributed by atoms with van der Waals surface area (Å²) in [7, 11) is -4.00. The number of rotatable bonds is 3. The number of halogens is 1. The number of carbonyl (C=O) groups excluding carboxylic acids is 1. The van der Waals surface area contributed by atoms with Gasteiger partial charge in [0.15, 0.2) is 0 Å². The van der Waals surface area contributed by atoms with Gasteiger partial charge in [-0.2, -0.15) is 0 Å². The van der Waals surface area contributed by atoms with Gasteiger partial charge < -0.3 is 11.1 Å². The van der Waals surface area contributed by atoms with Crippen molar-refractivity contribution in [3.63, 3.8) is 0 Å². The van der Waals surface area contributed by atoms with Gasteiger partial charge in [0.05, 0.1) is 0 Å². The van der Waals surface area contributed by atoms with E-state index in [4.69, 9.17) is 5.73 Å². The first-order valence-corrected chi connectivity index (χ1v) is 7.62. The standard InChI is InChI=1S/C12H16FN3O3S/c1-7-4-9(13)11(5-10(7)14)20(18,19)16-8-2-3-12(17)15-6-8/h4-5,8,16H,2-3,6,14H2,1H3,(H,15,17). The second-order valence-electron chi connectivity index (χ2n) is 4.80. The lowest BCUT2D eigenvalue weighted by atomic mass is 10.1. The fraction of sp³-hybridized carbons (Fsp3) is 0.417. The van der Waals surface area contributed by atoms with Crippen LogP contribution in [0, 0.1) is 12.7 Å². The van der Waals surface area contributed by atoms with E-state index in [0.717, 1.165) is 12.1 Å². The van der Waals surface area contributed by atoms with Crippen LogP contribution in [0.15, 0.2) is 17.0 Å². The molecule has 20 heavy (non-hydrogen) atoms. The number of nitrogen functional groups attached to an aromatic ring is 1. The molecule has 1 atom stereocenters. The normalized spacial score (nSPS) is 19.7. The first kappa shape index (κ1) is 14.7. The second kappa shape index (κ2) is 5.37. The summed E-state index contributed by atoms with van der Waals surface area (Å²) in [6.07, 6.45) is 0.625. The number of carbonyl (C=O) groups is 1. The lowest BCUT2D eigenvalue weighted by Gasteiger charge is -2.23. The topological polar surface area (TPSA) is 101 Å². The number of nitrogens with one attached hydrogen (secondary N) is 2. The highest BCUT2D eigenvalue weighted by Crippen LogP contribution is 2.22. The lowest BCUT2D eigenvalue weighted by molar-refractivity contribution is -0.122. The number of anilines is 1. The Morgan fingerprint density at radius 3 is 2.75 bits per heavy atom. The molecule has 6 nitrogen and oxygen atoms in total. The smallest absolute Gasteiger partial charge is 0.243 e. The van der Waals surface area contributed by atoms with Gasteiger partial charge in [-0.3, -0.25) is 4.79 Å². The molecule has 4 N–H and O–H groups in total. The molecule has 0 saturated carbocycles. The summed E-state index contributed by atoms with van der Waals surface area (Å²) in [5, 5.41) is 2.56. The fourth-order valence-corrected chi connectivity index (χ4v) is 3.36. The Morgan fingerprint density at radius 1 is 1.45 bits per heavy atom. The largest absolute Gasteiger partial charge is 0.398 e. The van der Waals surface area contributed by atoms with Crippen molar-refractivity contribution in [2.75, 3.05) is 12.3 Å². The van der Waals surface area contributed by atoms with Crippen molar-refractivity contribution >= 4 is 21.6 Å². The van der Waals surface area contributed by atoms with Gasteiger partial charge in [0.1, 0.15) is 10.7 Å². The van der Waals surface area contributed by atoms with Crippen molar-refractivity contribution in [1.82, 2.24) is 10.0 Å². The monoisotopic (exact) mass is 301 g/mol. The van der Waals surface area contributed by atoms with E-state index in [2.05, 4.69) is 10.0 Å². The van der Waals surface area contributed by atoms with Crippen molar-refractivity contribution in [1.29, 1.82) is 0 Å². The van der Waals surface area contributed by atoms with Crippen LogP contribution in [0.25, 0.3) is 0 Å². The SMILES string of the molecule is Cc1cc(F)c(S(=O)(=O)NC2CCC(=O)NC2)cc1N. The van der Waals surface area contributed by atoms with Crippen LogP contribution >= 0.6 is 0 Å². The van der Waals surface area contributed by atoms with E-state index in [1.807, 2.05) is 0 Å². The zero-order chi connectivity index (χ0) is 14.9. The van der Waals surface area contributed by atoms with Gasteiger partial charge in [0, 0.05) is 24.7 Å². The minimum absolute atomic E-state index is 0.119. The van der Waals surface area contributed by atoms with E-state index in [9.17, 15) is 17.6 Å². The molecule has 110 valence electrons. The number of sulfonamides is 1. The van der Waals surface area contributed by atoms with Crippen LogP contribution in [0.5, 0.6) is 0 Å². The molecule has 2 rings (SSSR count). The zero-order valence-corrected chi connectivity index (χ0v) is 11.8. The van der Waals surface area contributed by atoms with Crippen molar-refractivity contribution in [3.05, 3.63) is 23.5 Å². The van der Waals surface area contributed by atoms with Crippen LogP contribution in [0.4, 0.5) is 10.1 Å². The van der Waals surface area contributed by atoms with Gasteiger partial charge in [-0.1, -0.05) is 0 Å². The Morgan fingerprint density at radius 2 is 2.15 bits per heavy atom. The third-order valence-electron chi connectivity index (χ3n) is 3.20. The quantitative estimate of drug-likeness (QED) is 0.698. The van der Waals surface area contributed by atoms with Crippen LogP contribution in [-0.4, -0.2) is 26.9 Å². The predicted octanol–water partition coefficient (Wildman–Crippen LogP) is 0.273. The molecule has 0 radical (unpaired) electrons. The van der Waals surface area contributed by atoms with Gasteiger partial charge >= 0.3 is 0 Å². The Balaban J connectivity index is 2.22. The molecule has 1 saturated heterocycles. The highest BCUT2D eigenvalue weighted by molar-refractivity contribution is 7.89. The average molecular weight is 301 g/mol. The van der Waals surface area contributed by atoms with Gasteiger partial charge in [0.25, 0.3) is 0 Å². The number of hydrogen-bond donors (Lipinski definition) is 3. The van der Waals surface area contributed by atoms with Gasteiger partial charge in [-0.15, -0.1) is 0 Å². The molecule has 1 unspecified atom stereocenters. The molecule has 0 aromatic heterocycles. The number of amides is 1. The molecule has 1 heterocycles. The van der Waals surface area contributed by atoms with Crippen LogP contribution in [-0.2, 0) is 14.8 Å². The minimum Gasteiger partial charge on any atom is -0.398 e. The van der Waals surface area contributed by atoms with Crippen molar-refractivity contribution in [2.45, 2.75) is 30.7 Å². The summed E-state index contributed by atoms with van der Waals surface area (Å²) in [6.45, 7) is 1.79. The molecule has 1 amide bonds. The molecule has 0 bridgehead atoms. The highest BCUT2D eigenvalue weighted by atomic mass is 32.2. The van der Waals surface area contributed by atoms with Crippen LogP contribution in [0.3, 0.4) is 0 Å². The summed E-state index contributed by atoms with van der Waals surface area (Å²) in [5.41, 5.74) is 6.31. The van der Waals surface area contributed by atoms with Crippen LogP contribution in [0.2, 0.25) is 0 Å². The maximum absolute atomic E-state index is 13.8. The molecule has 8 heteroatoms. The first-order valence-electron chi connectivity index (χ1n) is 6.14. The van der Waals surface area contributed by atoms with E-state index in [0.29, 0.717) is 12.0 Å². The number of aryl methyl sites for hydroxylation is 1. The molecule has 1 aliphatic rings.